The number of carboxylic acid groups (broad SMARTS) is 1. The Kier molecular flexibility index (Phi) is 5.04. The van der Waals surface area contributed by atoms with Crippen LogP contribution in [0.15, 0.2) is 18.0 Å². The second-order valence-corrected chi connectivity index (χ2v) is 5.54. The maximum Gasteiger partial charge on any atom is 0.326 e. The van der Waals surface area contributed by atoms with Crippen molar-refractivity contribution in [2.75, 3.05) is 0 Å². The van der Waals surface area contributed by atoms with Gasteiger partial charge in [-0.1, -0.05) is 0 Å². The van der Waals surface area contributed by atoms with Crippen molar-refractivity contribution in [3.05, 3.63) is 34.3 Å². The highest BCUT2D eigenvalue weighted by Gasteiger charge is 2.21. The summed E-state index contributed by atoms with van der Waals surface area (Å²) in [6.45, 7) is 1.89. The van der Waals surface area contributed by atoms with Gasteiger partial charge in [0.15, 0.2) is 0 Å². The van der Waals surface area contributed by atoms with Gasteiger partial charge in [0.1, 0.15) is 6.04 Å². The zero-order chi connectivity index (χ0) is 15.2. The molecule has 0 aromatic carbocycles. The SMILES string of the molecule is Cc1ncsc1CCC(=O)N[C@H](Cc1cnc[nH]1)C(=O)O. The molecule has 0 fully saturated rings. The van der Waals surface area contributed by atoms with E-state index in [1.165, 1.54) is 17.7 Å². The molecule has 0 saturated heterocycles. The van der Waals surface area contributed by atoms with Gasteiger partial charge in [0.05, 0.1) is 17.5 Å². The first-order valence-corrected chi connectivity index (χ1v) is 7.32. The van der Waals surface area contributed by atoms with E-state index < -0.39 is 12.0 Å². The Morgan fingerprint density at radius 2 is 2.33 bits per heavy atom. The summed E-state index contributed by atoms with van der Waals surface area (Å²) in [5, 5.41) is 11.7. The van der Waals surface area contributed by atoms with Crippen LogP contribution in [0.5, 0.6) is 0 Å². The molecular formula is C13H16N4O3S. The third kappa shape index (κ3) is 4.38. The minimum Gasteiger partial charge on any atom is -0.480 e. The van der Waals surface area contributed by atoms with Gasteiger partial charge in [-0.05, 0) is 13.3 Å². The van der Waals surface area contributed by atoms with Crippen molar-refractivity contribution in [1.82, 2.24) is 20.3 Å². The van der Waals surface area contributed by atoms with E-state index in [1.807, 2.05) is 6.92 Å². The lowest BCUT2D eigenvalue weighted by Crippen LogP contribution is -2.42. The lowest BCUT2D eigenvalue weighted by molar-refractivity contribution is -0.141. The van der Waals surface area contributed by atoms with Gasteiger partial charge in [0.2, 0.25) is 5.91 Å². The average Bonchev–Trinajstić information content (AvgIpc) is 3.07. The van der Waals surface area contributed by atoms with Gasteiger partial charge < -0.3 is 15.4 Å². The highest BCUT2D eigenvalue weighted by atomic mass is 32.1. The molecule has 2 heterocycles. The summed E-state index contributed by atoms with van der Waals surface area (Å²) in [7, 11) is 0. The van der Waals surface area contributed by atoms with E-state index in [-0.39, 0.29) is 18.7 Å². The number of H-pyrrole nitrogens is 1. The fourth-order valence-electron chi connectivity index (χ4n) is 1.88. The molecule has 0 unspecified atom stereocenters. The molecule has 2 aromatic heterocycles. The summed E-state index contributed by atoms with van der Waals surface area (Å²) in [6, 6.07) is -0.958. The molecule has 8 heteroatoms. The molecule has 1 amide bonds. The summed E-state index contributed by atoms with van der Waals surface area (Å²) in [5.74, 6) is -1.35. The van der Waals surface area contributed by atoms with Gasteiger partial charge in [0, 0.05) is 29.6 Å². The molecule has 0 aliphatic heterocycles. The number of aryl methyl sites for hydroxylation is 2. The highest BCUT2D eigenvalue weighted by molar-refractivity contribution is 7.09. The normalized spacial score (nSPS) is 12.0. The van der Waals surface area contributed by atoms with Gasteiger partial charge >= 0.3 is 5.97 Å². The standard InChI is InChI=1S/C13H16N4O3S/c1-8-11(21-7-16-8)2-3-12(18)17-10(13(19)20)4-9-5-14-6-15-9/h5-7,10H,2-4H2,1H3,(H,14,15)(H,17,18)(H,19,20)/t10-/m1/s1. The van der Waals surface area contributed by atoms with Crippen molar-refractivity contribution in [2.45, 2.75) is 32.2 Å². The van der Waals surface area contributed by atoms with Crippen molar-refractivity contribution >= 4 is 23.2 Å². The monoisotopic (exact) mass is 308 g/mol. The molecule has 112 valence electrons. The maximum absolute atomic E-state index is 11.9. The minimum absolute atomic E-state index is 0.181. The summed E-state index contributed by atoms with van der Waals surface area (Å²) in [5.41, 5.74) is 3.32. The third-order valence-corrected chi connectivity index (χ3v) is 4.03. The van der Waals surface area contributed by atoms with E-state index in [0.717, 1.165) is 10.6 Å². The fraction of sp³-hybridized carbons (Fsp3) is 0.385. The zero-order valence-corrected chi connectivity index (χ0v) is 12.3. The molecule has 7 nitrogen and oxygen atoms in total. The molecule has 2 rings (SSSR count). The van der Waals surface area contributed by atoms with E-state index >= 15 is 0 Å². The lowest BCUT2D eigenvalue weighted by Gasteiger charge is -2.13. The third-order valence-electron chi connectivity index (χ3n) is 3.04. The quantitative estimate of drug-likeness (QED) is 0.705. The predicted octanol–water partition coefficient (Wildman–Crippen LogP) is 0.919. The first-order chi connectivity index (χ1) is 10.1. The predicted molar refractivity (Wildman–Crippen MR) is 77.0 cm³/mol. The topological polar surface area (TPSA) is 108 Å². The second-order valence-electron chi connectivity index (χ2n) is 4.60. The second kappa shape index (κ2) is 6.98. The van der Waals surface area contributed by atoms with Crippen molar-refractivity contribution in [3.63, 3.8) is 0 Å². The largest absolute Gasteiger partial charge is 0.480 e. The van der Waals surface area contributed by atoms with Crippen LogP contribution in [-0.4, -0.2) is 38.0 Å². The molecule has 0 aliphatic rings. The Balaban J connectivity index is 1.86. The Labute approximate surface area is 125 Å². The van der Waals surface area contributed by atoms with Crippen molar-refractivity contribution < 1.29 is 14.7 Å². The zero-order valence-electron chi connectivity index (χ0n) is 11.5. The smallest absolute Gasteiger partial charge is 0.326 e. The summed E-state index contributed by atoms with van der Waals surface area (Å²) >= 11 is 1.50. The van der Waals surface area contributed by atoms with E-state index in [9.17, 15) is 9.59 Å². The van der Waals surface area contributed by atoms with Gasteiger partial charge in [-0.15, -0.1) is 11.3 Å². The Bertz CT molecular complexity index is 609. The first-order valence-electron chi connectivity index (χ1n) is 6.44. The van der Waals surface area contributed by atoms with Gasteiger partial charge in [-0.2, -0.15) is 0 Å². The number of aromatic amines is 1. The summed E-state index contributed by atoms with van der Waals surface area (Å²) in [6.07, 6.45) is 4.01. The Morgan fingerprint density at radius 1 is 1.52 bits per heavy atom. The number of nitrogens with one attached hydrogen (secondary N) is 2. The number of hydrogen-bond acceptors (Lipinski definition) is 5. The number of imidazole rings is 1. The molecule has 0 saturated carbocycles. The van der Waals surface area contributed by atoms with Crippen LogP contribution in [0, 0.1) is 6.92 Å². The van der Waals surface area contributed by atoms with Gasteiger partial charge in [-0.25, -0.2) is 14.8 Å². The average molecular weight is 308 g/mol. The molecule has 21 heavy (non-hydrogen) atoms. The number of aliphatic carboxylic acids is 1. The Morgan fingerprint density at radius 3 is 2.90 bits per heavy atom. The molecule has 0 aliphatic carbocycles. The molecule has 0 bridgehead atoms. The maximum atomic E-state index is 11.9. The van der Waals surface area contributed by atoms with E-state index in [4.69, 9.17) is 5.11 Å². The van der Waals surface area contributed by atoms with Crippen LogP contribution < -0.4 is 5.32 Å². The number of rotatable bonds is 7. The van der Waals surface area contributed by atoms with Crippen LogP contribution in [0.25, 0.3) is 0 Å². The molecule has 0 radical (unpaired) electrons. The molecule has 0 spiro atoms. The van der Waals surface area contributed by atoms with Crippen molar-refractivity contribution in [1.29, 1.82) is 0 Å². The summed E-state index contributed by atoms with van der Waals surface area (Å²) in [4.78, 5) is 34.9. The highest BCUT2D eigenvalue weighted by Crippen LogP contribution is 2.14. The molecule has 2 aromatic rings. The van der Waals surface area contributed by atoms with Crippen LogP contribution in [0.3, 0.4) is 0 Å². The Hall–Kier alpha value is -2.22. The number of thiazole rings is 1. The van der Waals surface area contributed by atoms with Crippen molar-refractivity contribution in [2.24, 2.45) is 0 Å². The first kappa shape index (κ1) is 15.2. The van der Waals surface area contributed by atoms with Gasteiger partial charge in [0.25, 0.3) is 0 Å². The fourth-order valence-corrected chi connectivity index (χ4v) is 2.66. The molecule has 1 atom stereocenters. The van der Waals surface area contributed by atoms with Crippen molar-refractivity contribution in [3.8, 4) is 0 Å². The van der Waals surface area contributed by atoms with Crippen LogP contribution in [-0.2, 0) is 22.4 Å². The van der Waals surface area contributed by atoms with Crippen LogP contribution >= 0.6 is 11.3 Å². The van der Waals surface area contributed by atoms with Crippen LogP contribution in [0.1, 0.15) is 22.7 Å². The number of nitrogens with zero attached hydrogens (tertiary/aromatic N) is 2. The van der Waals surface area contributed by atoms with E-state index in [1.54, 1.807) is 11.7 Å². The van der Waals surface area contributed by atoms with Crippen LogP contribution in [0.4, 0.5) is 0 Å². The molecular weight excluding hydrogens is 292 g/mol. The number of carbonyl (C=O) groups excluding carboxylic acids is 1. The van der Waals surface area contributed by atoms with Crippen LogP contribution in [0.2, 0.25) is 0 Å². The number of aromatic nitrogens is 3. The van der Waals surface area contributed by atoms with E-state index in [0.29, 0.717) is 12.1 Å². The molecule has 3 N–H and O–H groups in total. The number of carboxylic acids is 1. The van der Waals surface area contributed by atoms with E-state index in [2.05, 4.69) is 20.3 Å². The number of hydrogen-bond donors (Lipinski definition) is 3. The summed E-state index contributed by atoms with van der Waals surface area (Å²) < 4.78 is 0. The lowest BCUT2D eigenvalue weighted by atomic mass is 10.1. The van der Waals surface area contributed by atoms with Gasteiger partial charge in [-0.3, -0.25) is 4.79 Å². The minimum atomic E-state index is -1.06. The number of carbonyl (C=O) groups is 2. The number of amides is 1.